The van der Waals surface area contributed by atoms with Crippen molar-refractivity contribution in [2.75, 3.05) is 0 Å². The molecule has 4 rings (SSSR count). The lowest BCUT2D eigenvalue weighted by atomic mass is 9.45. The van der Waals surface area contributed by atoms with Crippen LogP contribution in [0.1, 0.15) is 107 Å². The second kappa shape index (κ2) is 8.42. The number of rotatable bonds is 1. The van der Waals surface area contributed by atoms with Crippen LogP contribution in [0.2, 0.25) is 0 Å². The molecule has 0 saturated heterocycles. The number of hydrogen-bond acceptors (Lipinski definition) is 3. The van der Waals surface area contributed by atoms with Gasteiger partial charge in [0, 0.05) is 22.9 Å². The molecule has 0 aromatic rings. The highest BCUT2D eigenvalue weighted by Crippen LogP contribution is 2.66. The molecule has 0 aliphatic heterocycles. The Morgan fingerprint density at radius 3 is 2.35 bits per heavy atom. The number of carbonyl (C=O) groups excluding carboxylic acids is 2. The fourth-order valence-electron chi connectivity index (χ4n) is 8.25. The van der Waals surface area contributed by atoms with E-state index in [1.54, 1.807) is 4.90 Å². The third-order valence-corrected chi connectivity index (χ3v) is 10.1. The summed E-state index contributed by atoms with van der Waals surface area (Å²) in [6.07, 6.45) is 10.8. The molecule has 3 fully saturated rings. The Morgan fingerprint density at radius 2 is 1.74 bits per heavy atom. The van der Waals surface area contributed by atoms with Gasteiger partial charge in [0.25, 0.3) is 0 Å². The number of nitrogens with zero attached hydrogens (tertiary/aromatic N) is 1. The third kappa shape index (κ3) is 4.29. The Balaban J connectivity index is 1.73. The van der Waals surface area contributed by atoms with Crippen LogP contribution in [-0.4, -0.2) is 32.8 Å². The van der Waals surface area contributed by atoms with Crippen LogP contribution in [-0.2, 0) is 9.59 Å². The van der Waals surface area contributed by atoms with Crippen molar-refractivity contribution in [2.45, 2.75) is 118 Å². The number of fused-ring (bicyclic) bond motifs is 5. The monoisotopic (exact) mass is 486 g/mol. The van der Waals surface area contributed by atoms with Gasteiger partial charge in [-0.25, -0.2) is 0 Å². The largest absolute Gasteiger partial charge is 0.358 e. The summed E-state index contributed by atoms with van der Waals surface area (Å²) in [5, 5.41) is 3.84. The summed E-state index contributed by atoms with van der Waals surface area (Å²) >= 11 is 5.81. The molecule has 0 radical (unpaired) electrons. The lowest BCUT2D eigenvalue weighted by molar-refractivity contribution is -0.148. The Labute approximate surface area is 212 Å². The van der Waals surface area contributed by atoms with Crippen molar-refractivity contribution in [1.82, 2.24) is 10.2 Å². The maximum atomic E-state index is 14.5. The Hall–Kier alpha value is -1.23. The first-order valence-corrected chi connectivity index (χ1v) is 13.9. The van der Waals surface area contributed by atoms with Crippen molar-refractivity contribution in [2.24, 2.45) is 34.5 Å². The molecule has 4 aliphatic carbocycles. The van der Waals surface area contributed by atoms with E-state index in [-0.39, 0.29) is 28.6 Å². The molecular weight excluding hydrogens is 440 g/mol. The quantitative estimate of drug-likeness (QED) is 0.434. The Morgan fingerprint density at radius 1 is 1.06 bits per heavy atom. The molecule has 1 N–H and O–H groups in total. The van der Waals surface area contributed by atoms with Crippen molar-refractivity contribution >= 4 is 29.0 Å². The molecule has 1 unspecified atom stereocenters. The minimum Gasteiger partial charge on any atom is -0.358 e. The fraction of sp³-hybridized carbons (Fsp3) is 0.828. The number of allylic oxidation sites excluding steroid dienone is 1. The van der Waals surface area contributed by atoms with E-state index in [0.717, 1.165) is 12.3 Å². The molecule has 0 aromatic carbocycles. The molecule has 190 valence electrons. The third-order valence-electron chi connectivity index (χ3n) is 9.77. The molecule has 0 spiro atoms. The molecule has 5 heteroatoms. The molecule has 0 bridgehead atoms. The average molecular weight is 487 g/mol. The van der Waals surface area contributed by atoms with Crippen molar-refractivity contribution in [1.29, 1.82) is 0 Å². The smallest absolute Gasteiger partial charge is 0.233 e. The highest BCUT2D eigenvalue weighted by Gasteiger charge is 2.60. The van der Waals surface area contributed by atoms with Crippen LogP contribution in [0.3, 0.4) is 0 Å². The summed E-state index contributed by atoms with van der Waals surface area (Å²) in [6.45, 7) is 17.1. The second-order valence-corrected chi connectivity index (χ2v) is 14.6. The topological polar surface area (TPSA) is 49.4 Å². The van der Waals surface area contributed by atoms with Gasteiger partial charge in [0.05, 0.1) is 5.92 Å². The summed E-state index contributed by atoms with van der Waals surface area (Å²) in [6, 6.07) is 0. The van der Waals surface area contributed by atoms with Gasteiger partial charge in [-0.1, -0.05) is 25.8 Å². The van der Waals surface area contributed by atoms with Gasteiger partial charge in [0.15, 0.2) is 10.9 Å². The van der Waals surface area contributed by atoms with E-state index >= 15 is 0 Å². The molecule has 3 saturated carbocycles. The zero-order chi connectivity index (χ0) is 25.3. The second-order valence-electron chi connectivity index (χ2n) is 14.2. The Bertz CT molecular complexity index is 910. The van der Waals surface area contributed by atoms with Crippen LogP contribution >= 0.6 is 12.2 Å². The summed E-state index contributed by atoms with van der Waals surface area (Å²) in [7, 11) is 0. The molecule has 34 heavy (non-hydrogen) atoms. The maximum absolute atomic E-state index is 14.5. The highest BCUT2D eigenvalue weighted by atomic mass is 32.1. The molecule has 4 nitrogen and oxygen atoms in total. The molecule has 1 amide bonds. The van der Waals surface area contributed by atoms with Gasteiger partial charge in [0.1, 0.15) is 0 Å². The SMILES string of the molecule is CC(C)(C)NC(=S)N(C(=O)C1CC(=O)C=C2CC[C@@H]3[C@@H](CC[C@]4(C)CCC[C@@H]34)[C@]21C)C(C)(C)C. The van der Waals surface area contributed by atoms with Crippen LogP contribution in [0.15, 0.2) is 11.6 Å². The van der Waals surface area contributed by atoms with E-state index in [4.69, 9.17) is 12.2 Å². The summed E-state index contributed by atoms with van der Waals surface area (Å²) in [5.74, 6) is 1.68. The number of carbonyl (C=O) groups is 2. The van der Waals surface area contributed by atoms with Gasteiger partial charge in [-0.05, 0) is 122 Å². The van der Waals surface area contributed by atoms with Gasteiger partial charge in [-0.2, -0.15) is 0 Å². The van der Waals surface area contributed by atoms with Crippen LogP contribution in [0.5, 0.6) is 0 Å². The van der Waals surface area contributed by atoms with Gasteiger partial charge in [0.2, 0.25) is 5.91 Å². The molecule has 0 aromatic heterocycles. The first-order valence-electron chi connectivity index (χ1n) is 13.5. The van der Waals surface area contributed by atoms with Crippen molar-refractivity contribution in [3.8, 4) is 0 Å². The van der Waals surface area contributed by atoms with Gasteiger partial charge < -0.3 is 5.32 Å². The van der Waals surface area contributed by atoms with E-state index < -0.39 is 5.54 Å². The number of nitrogens with one attached hydrogen (secondary N) is 1. The lowest BCUT2D eigenvalue weighted by Crippen LogP contribution is -2.62. The van der Waals surface area contributed by atoms with E-state index in [0.29, 0.717) is 28.8 Å². The van der Waals surface area contributed by atoms with Gasteiger partial charge in [-0.3, -0.25) is 14.5 Å². The lowest BCUT2D eigenvalue weighted by Gasteiger charge is -2.59. The van der Waals surface area contributed by atoms with Crippen LogP contribution in [0.4, 0.5) is 0 Å². The minimum atomic E-state index is -0.474. The van der Waals surface area contributed by atoms with Crippen LogP contribution in [0.25, 0.3) is 0 Å². The fourth-order valence-corrected chi connectivity index (χ4v) is 8.92. The van der Waals surface area contributed by atoms with Gasteiger partial charge >= 0.3 is 0 Å². The van der Waals surface area contributed by atoms with E-state index in [9.17, 15) is 9.59 Å². The van der Waals surface area contributed by atoms with Crippen molar-refractivity contribution in [3.63, 3.8) is 0 Å². The standard InChI is InChI=1S/C29H46N2O2S/c1-26(2,3)30-25(34)31(27(4,5)6)24(33)23-17-19(32)16-18-11-12-20-21-10-9-14-28(21,7)15-13-22(20)29(18,23)8/h16,20-23H,9-15,17H2,1-8H3,(H,30,34)/t20-,21-,22+,23?,28-,29-/m0/s1. The van der Waals surface area contributed by atoms with Gasteiger partial charge in [-0.15, -0.1) is 0 Å². The van der Waals surface area contributed by atoms with Crippen LogP contribution in [0, 0.1) is 34.5 Å². The van der Waals surface area contributed by atoms with E-state index in [1.165, 1.54) is 44.1 Å². The molecule has 0 heterocycles. The molecule has 4 aliphatic rings. The zero-order valence-electron chi connectivity index (χ0n) is 22.7. The van der Waals surface area contributed by atoms with E-state index in [2.05, 4.69) is 39.9 Å². The maximum Gasteiger partial charge on any atom is 0.233 e. The zero-order valence-corrected chi connectivity index (χ0v) is 23.5. The summed E-state index contributed by atoms with van der Waals surface area (Å²) < 4.78 is 0. The Kier molecular flexibility index (Phi) is 6.40. The predicted molar refractivity (Wildman–Crippen MR) is 142 cm³/mol. The number of ketones is 1. The molecular formula is C29H46N2O2S. The number of thiocarbonyl (C=S) groups is 1. The number of hydrogen-bond donors (Lipinski definition) is 1. The van der Waals surface area contributed by atoms with Crippen molar-refractivity contribution < 1.29 is 9.59 Å². The average Bonchev–Trinajstić information content (AvgIpc) is 3.07. The predicted octanol–water partition coefficient (Wildman–Crippen LogP) is 6.43. The minimum absolute atomic E-state index is 0.0242. The summed E-state index contributed by atoms with van der Waals surface area (Å²) in [4.78, 5) is 29.2. The first-order chi connectivity index (χ1) is 15.6. The summed E-state index contributed by atoms with van der Waals surface area (Å²) in [5.41, 5.74) is 0.716. The first kappa shape index (κ1) is 25.9. The van der Waals surface area contributed by atoms with Crippen LogP contribution < -0.4 is 5.32 Å². The molecule has 6 atom stereocenters. The van der Waals surface area contributed by atoms with E-state index in [1.807, 2.05) is 26.8 Å². The normalized spacial score (nSPS) is 37.8. The number of amides is 1. The highest BCUT2D eigenvalue weighted by molar-refractivity contribution is 7.80. The van der Waals surface area contributed by atoms with Crippen molar-refractivity contribution in [3.05, 3.63) is 11.6 Å².